The summed E-state index contributed by atoms with van der Waals surface area (Å²) in [4.78, 5) is 25.7. The van der Waals surface area contributed by atoms with Gasteiger partial charge in [-0.25, -0.2) is 0 Å². The van der Waals surface area contributed by atoms with Gasteiger partial charge in [-0.2, -0.15) is 0 Å². The highest BCUT2D eigenvalue weighted by Crippen LogP contribution is 2.38. The number of carbonyl (C=O) groups excluding carboxylic acids is 1. The number of aliphatic hydroxyl groups excluding tert-OH is 1. The molecule has 79 heavy (non-hydrogen) atoms. The molecule has 9 heteroatoms. The summed E-state index contributed by atoms with van der Waals surface area (Å²) in [6, 6.07) is -0.798. The molecular weight excluding hydrogens is 996 g/mol. The first-order chi connectivity index (χ1) is 38.5. The average molecular weight is 1140 g/mol. The van der Waals surface area contributed by atoms with Crippen molar-refractivity contribution in [3.05, 3.63) is 12.2 Å². The molecule has 0 aliphatic heterocycles. The molecule has 472 valence electrons. The van der Waals surface area contributed by atoms with Crippen LogP contribution in [0, 0.1) is 0 Å². The van der Waals surface area contributed by atoms with E-state index in [1.165, 1.54) is 315 Å². The summed E-state index contributed by atoms with van der Waals surface area (Å²) in [5.74, 6) is -0.155. The van der Waals surface area contributed by atoms with Gasteiger partial charge in [0.25, 0.3) is 7.82 Å². The van der Waals surface area contributed by atoms with Crippen molar-refractivity contribution in [3.8, 4) is 0 Å². The lowest BCUT2D eigenvalue weighted by Crippen LogP contribution is -2.46. The van der Waals surface area contributed by atoms with E-state index in [4.69, 9.17) is 9.05 Å². The zero-order valence-electron chi connectivity index (χ0n) is 54.1. The molecule has 1 amide bonds. The number of unbranched alkanes of at least 4 members (excludes halogenated alkanes) is 52. The third-order valence-corrected chi connectivity index (χ3v) is 17.7. The van der Waals surface area contributed by atoms with Crippen molar-refractivity contribution in [1.82, 2.24) is 5.32 Å². The fourth-order valence-corrected chi connectivity index (χ4v) is 11.9. The van der Waals surface area contributed by atoms with E-state index in [1.54, 1.807) is 0 Å². The fraction of sp³-hybridized carbons (Fsp3) is 0.957. The van der Waals surface area contributed by atoms with E-state index >= 15 is 0 Å². The fourth-order valence-electron chi connectivity index (χ4n) is 11.2. The summed E-state index contributed by atoms with van der Waals surface area (Å²) in [6.07, 6.45) is 78.7. The number of carbonyl (C=O) groups is 1. The SMILES string of the molecule is CCCCCCCCCCCCCCCC/C=C\CCCCCCCCCCCCCCCCCCCC(=O)NC(COP(=O)([O-])OCC[N+](C)(C)C)C(O)CCCCCCCCCCCCCCCCCCCCCCCC. The van der Waals surface area contributed by atoms with Gasteiger partial charge in [-0.1, -0.05) is 347 Å². The van der Waals surface area contributed by atoms with Crippen molar-refractivity contribution < 1.29 is 32.9 Å². The molecule has 0 spiro atoms. The van der Waals surface area contributed by atoms with Crippen LogP contribution in [0.1, 0.15) is 380 Å². The van der Waals surface area contributed by atoms with Crippen LogP contribution in [-0.2, 0) is 18.4 Å². The summed E-state index contributed by atoms with van der Waals surface area (Å²) >= 11 is 0. The minimum atomic E-state index is -4.58. The van der Waals surface area contributed by atoms with Crippen molar-refractivity contribution in [2.24, 2.45) is 0 Å². The molecule has 0 rings (SSSR count). The Bertz CT molecular complexity index is 1290. The summed E-state index contributed by atoms with van der Waals surface area (Å²) < 4.78 is 23.5. The molecule has 0 aromatic rings. The summed E-state index contributed by atoms with van der Waals surface area (Å²) in [5, 5.41) is 14.1. The molecule has 0 heterocycles. The predicted octanol–water partition coefficient (Wildman–Crippen LogP) is 21.9. The minimum absolute atomic E-state index is 0.0157. The van der Waals surface area contributed by atoms with Crippen LogP contribution in [0.4, 0.5) is 0 Å². The monoisotopic (exact) mass is 1140 g/mol. The first-order valence-corrected chi connectivity index (χ1v) is 37.0. The first-order valence-electron chi connectivity index (χ1n) is 35.5. The highest BCUT2D eigenvalue weighted by molar-refractivity contribution is 7.45. The molecule has 0 aromatic carbocycles. The average Bonchev–Trinajstić information content (AvgIpc) is 3.42. The van der Waals surface area contributed by atoms with E-state index in [0.717, 1.165) is 38.5 Å². The Balaban J connectivity index is 3.95. The maximum absolute atomic E-state index is 13.1. The minimum Gasteiger partial charge on any atom is -0.756 e. The number of quaternary nitrogens is 1. The Labute approximate surface area is 494 Å². The van der Waals surface area contributed by atoms with E-state index in [2.05, 4.69) is 31.3 Å². The van der Waals surface area contributed by atoms with Gasteiger partial charge in [0.1, 0.15) is 13.2 Å². The van der Waals surface area contributed by atoms with Crippen LogP contribution in [0.3, 0.4) is 0 Å². The highest BCUT2D eigenvalue weighted by atomic mass is 31.2. The van der Waals surface area contributed by atoms with Gasteiger partial charge < -0.3 is 28.8 Å². The topological polar surface area (TPSA) is 108 Å². The lowest BCUT2D eigenvalue weighted by molar-refractivity contribution is -0.870. The number of allylic oxidation sites excluding steroid dienone is 2. The van der Waals surface area contributed by atoms with Crippen molar-refractivity contribution in [1.29, 1.82) is 0 Å². The van der Waals surface area contributed by atoms with Crippen LogP contribution in [0.5, 0.6) is 0 Å². The largest absolute Gasteiger partial charge is 0.756 e. The van der Waals surface area contributed by atoms with Crippen molar-refractivity contribution in [2.45, 2.75) is 392 Å². The van der Waals surface area contributed by atoms with Crippen LogP contribution in [0.25, 0.3) is 0 Å². The van der Waals surface area contributed by atoms with Gasteiger partial charge in [0, 0.05) is 6.42 Å². The number of likely N-dealkylation sites (N-methyl/N-ethyl adjacent to an activating group) is 1. The second-order valence-electron chi connectivity index (χ2n) is 26.0. The molecule has 0 bridgehead atoms. The second-order valence-corrected chi connectivity index (χ2v) is 27.4. The zero-order valence-corrected chi connectivity index (χ0v) is 55.0. The van der Waals surface area contributed by atoms with Gasteiger partial charge in [0.2, 0.25) is 5.91 Å². The van der Waals surface area contributed by atoms with Gasteiger partial charge >= 0.3 is 0 Å². The number of nitrogens with zero attached hydrogens (tertiary/aromatic N) is 1. The van der Waals surface area contributed by atoms with Crippen molar-refractivity contribution >= 4 is 13.7 Å². The van der Waals surface area contributed by atoms with Crippen molar-refractivity contribution in [3.63, 3.8) is 0 Å². The molecule has 2 N–H and O–H groups in total. The molecule has 0 fully saturated rings. The van der Waals surface area contributed by atoms with Crippen LogP contribution in [0.15, 0.2) is 12.2 Å². The van der Waals surface area contributed by atoms with Crippen LogP contribution in [-0.4, -0.2) is 68.5 Å². The van der Waals surface area contributed by atoms with Crippen molar-refractivity contribution in [2.75, 3.05) is 40.9 Å². The summed E-state index contributed by atoms with van der Waals surface area (Å²) in [5.41, 5.74) is 0. The van der Waals surface area contributed by atoms with Crippen LogP contribution >= 0.6 is 7.82 Å². The molecule has 8 nitrogen and oxygen atoms in total. The predicted molar refractivity (Wildman–Crippen MR) is 344 cm³/mol. The maximum atomic E-state index is 13.1. The van der Waals surface area contributed by atoms with E-state index in [1.807, 2.05) is 21.1 Å². The molecule has 3 unspecified atom stereocenters. The summed E-state index contributed by atoms with van der Waals surface area (Å²) in [7, 11) is 1.33. The molecular formula is C70H141N2O6P. The number of amides is 1. The molecule has 0 aromatic heterocycles. The quantitative estimate of drug-likeness (QED) is 0.0272. The molecule has 0 aliphatic rings. The van der Waals surface area contributed by atoms with Gasteiger partial charge in [-0.05, 0) is 38.5 Å². The summed E-state index contributed by atoms with van der Waals surface area (Å²) in [6.45, 7) is 4.79. The Hall–Kier alpha value is -0.760. The number of hydrogen-bond acceptors (Lipinski definition) is 6. The molecule has 0 saturated heterocycles. The first kappa shape index (κ1) is 78.2. The Kier molecular flexibility index (Phi) is 61.2. The lowest BCUT2D eigenvalue weighted by Gasteiger charge is -2.30. The molecule has 0 aliphatic carbocycles. The highest BCUT2D eigenvalue weighted by Gasteiger charge is 2.24. The second kappa shape index (κ2) is 61.8. The van der Waals surface area contributed by atoms with E-state index < -0.39 is 20.0 Å². The molecule has 3 atom stereocenters. The normalized spacial score (nSPS) is 13.7. The number of phosphoric acid groups is 1. The Morgan fingerprint density at radius 3 is 0.987 bits per heavy atom. The number of rotatable bonds is 67. The third-order valence-electron chi connectivity index (χ3n) is 16.8. The maximum Gasteiger partial charge on any atom is 0.268 e. The van der Waals surface area contributed by atoms with Crippen LogP contribution < -0.4 is 10.2 Å². The number of nitrogens with one attached hydrogen (secondary N) is 1. The van der Waals surface area contributed by atoms with Gasteiger partial charge in [0.05, 0.1) is 39.9 Å². The number of aliphatic hydroxyl groups is 1. The van der Waals surface area contributed by atoms with Gasteiger partial charge in [-0.15, -0.1) is 0 Å². The molecule has 0 radical (unpaired) electrons. The number of phosphoric ester groups is 1. The Morgan fingerprint density at radius 1 is 0.430 bits per heavy atom. The standard InChI is InChI=1S/C70H141N2O6P/c1-6-8-10-12-14-16-18-20-22-24-26-28-30-31-32-33-34-35-36-37-38-39-40-41-42-44-46-48-50-52-54-56-58-60-62-64-70(74)71-68(67-78-79(75,76)77-66-65-72(3,4)5)69(73)63-61-59-57-55-53-51-49-47-45-43-29-27-25-23-21-19-17-15-13-11-9-7-2/h33-34,68-69,73H,6-32,35-67H2,1-5H3,(H-,71,74,75,76)/b34-33-. The lowest BCUT2D eigenvalue weighted by atomic mass is 10.0. The van der Waals surface area contributed by atoms with E-state index in [-0.39, 0.29) is 19.1 Å². The number of hydrogen-bond donors (Lipinski definition) is 2. The zero-order chi connectivity index (χ0) is 57.7. The third kappa shape index (κ3) is 64.7. The molecule has 0 saturated carbocycles. The van der Waals surface area contributed by atoms with Crippen LogP contribution in [0.2, 0.25) is 0 Å². The van der Waals surface area contributed by atoms with E-state index in [9.17, 15) is 19.4 Å². The van der Waals surface area contributed by atoms with Gasteiger partial charge in [0.15, 0.2) is 0 Å². The van der Waals surface area contributed by atoms with E-state index in [0.29, 0.717) is 23.9 Å². The Morgan fingerprint density at radius 2 is 0.696 bits per heavy atom. The van der Waals surface area contributed by atoms with Gasteiger partial charge in [-0.3, -0.25) is 9.36 Å². The smallest absolute Gasteiger partial charge is 0.268 e.